The Morgan fingerprint density at radius 1 is 1.21 bits per heavy atom. The first-order valence-corrected chi connectivity index (χ1v) is 6.10. The van der Waals surface area contributed by atoms with Gasteiger partial charge in [-0.2, -0.15) is 0 Å². The number of nitrogens with zero attached hydrogens (tertiary/aromatic N) is 2. The molecule has 0 spiro atoms. The van der Waals surface area contributed by atoms with Gasteiger partial charge in [-0.05, 0) is 6.42 Å². The van der Waals surface area contributed by atoms with Gasteiger partial charge in [0, 0.05) is 40.0 Å². The molecule has 0 aliphatic carbocycles. The standard InChI is InChI=1S/C12H20N4O3/c1-18-6-3-4-14-12(17)10-8-11(16-9-15-10)13-5-7-19-2/h8-9H,3-7H2,1-2H3,(H,14,17)(H,13,15,16). The number of carbonyl (C=O) groups is 1. The van der Waals surface area contributed by atoms with E-state index in [1.165, 1.54) is 6.33 Å². The Hall–Kier alpha value is -1.73. The zero-order valence-electron chi connectivity index (χ0n) is 11.3. The summed E-state index contributed by atoms with van der Waals surface area (Å²) < 4.78 is 9.82. The van der Waals surface area contributed by atoms with Gasteiger partial charge in [-0.15, -0.1) is 0 Å². The third-order valence-electron chi connectivity index (χ3n) is 2.32. The topological polar surface area (TPSA) is 85.4 Å². The Bertz CT molecular complexity index is 387. The average Bonchev–Trinajstić information content (AvgIpc) is 2.44. The van der Waals surface area contributed by atoms with Crippen molar-refractivity contribution in [1.82, 2.24) is 15.3 Å². The van der Waals surface area contributed by atoms with E-state index < -0.39 is 0 Å². The number of amides is 1. The molecule has 1 heterocycles. The molecule has 106 valence electrons. The molecule has 1 amide bonds. The van der Waals surface area contributed by atoms with Crippen LogP contribution < -0.4 is 10.6 Å². The van der Waals surface area contributed by atoms with Gasteiger partial charge in [0.15, 0.2) is 0 Å². The van der Waals surface area contributed by atoms with Crippen LogP contribution in [0, 0.1) is 0 Å². The van der Waals surface area contributed by atoms with Gasteiger partial charge < -0.3 is 20.1 Å². The number of ether oxygens (including phenoxy) is 2. The van der Waals surface area contributed by atoms with E-state index in [0.29, 0.717) is 37.8 Å². The molecule has 7 heteroatoms. The van der Waals surface area contributed by atoms with Gasteiger partial charge in [0.1, 0.15) is 17.8 Å². The first-order valence-electron chi connectivity index (χ1n) is 6.10. The molecule has 0 atom stereocenters. The minimum absolute atomic E-state index is 0.215. The summed E-state index contributed by atoms with van der Waals surface area (Å²) in [6.07, 6.45) is 2.13. The lowest BCUT2D eigenvalue weighted by molar-refractivity contribution is 0.0943. The molecular formula is C12H20N4O3. The first kappa shape index (κ1) is 15.3. The van der Waals surface area contributed by atoms with E-state index in [2.05, 4.69) is 20.6 Å². The Labute approximate surface area is 112 Å². The molecule has 2 N–H and O–H groups in total. The van der Waals surface area contributed by atoms with Crippen LogP contribution in [-0.4, -0.2) is 56.4 Å². The molecule has 0 radical (unpaired) electrons. The minimum Gasteiger partial charge on any atom is -0.385 e. The molecule has 0 saturated heterocycles. The zero-order valence-corrected chi connectivity index (χ0v) is 11.3. The summed E-state index contributed by atoms with van der Waals surface area (Å²) in [4.78, 5) is 19.8. The molecule has 19 heavy (non-hydrogen) atoms. The number of anilines is 1. The van der Waals surface area contributed by atoms with Crippen LogP contribution in [0.25, 0.3) is 0 Å². The third-order valence-corrected chi connectivity index (χ3v) is 2.32. The molecule has 1 aromatic rings. The predicted molar refractivity (Wildman–Crippen MR) is 71.2 cm³/mol. The van der Waals surface area contributed by atoms with Crippen molar-refractivity contribution in [2.45, 2.75) is 6.42 Å². The van der Waals surface area contributed by atoms with Crippen molar-refractivity contribution in [3.63, 3.8) is 0 Å². The van der Waals surface area contributed by atoms with Crippen molar-refractivity contribution in [2.75, 3.05) is 45.8 Å². The number of hydrogen-bond donors (Lipinski definition) is 2. The molecule has 0 bridgehead atoms. The number of hydrogen-bond acceptors (Lipinski definition) is 6. The van der Waals surface area contributed by atoms with Gasteiger partial charge in [0.2, 0.25) is 0 Å². The van der Waals surface area contributed by atoms with Crippen molar-refractivity contribution < 1.29 is 14.3 Å². The minimum atomic E-state index is -0.215. The number of rotatable bonds is 9. The van der Waals surface area contributed by atoms with Crippen LogP contribution in [0.2, 0.25) is 0 Å². The monoisotopic (exact) mass is 268 g/mol. The summed E-state index contributed by atoms with van der Waals surface area (Å²) in [5, 5.41) is 5.81. The Balaban J connectivity index is 2.43. The fraction of sp³-hybridized carbons (Fsp3) is 0.583. The van der Waals surface area contributed by atoms with Crippen molar-refractivity contribution >= 4 is 11.7 Å². The van der Waals surface area contributed by atoms with Crippen molar-refractivity contribution in [3.8, 4) is 0 Å². The third kappa shape index (κ3) is 6.12. The number of carbonyl (C=O) groups excluding carboxylic acids is 1. The largest absolute Gasteiger partial charge is 0.385 e. The molecule has 1 aromatic heterocycles. The summed E-state index contributed by atoms with van der Waals surface area (Å²) in [6, 6.07) is 1.61. The smallest absolute Gasteiger partial charge is 0.270 e. The summed E-state index contributed by atoms with van der Waals surface area (Å²) in [6.45, 7) is 2.38. The maximum Gasteiger partial charge on any atom is 0.270 e. The Morgan fingerprint density at radius 3 is 2.74 bits per heavy atom. The average molecular weight is 268 g/mol. The van der Waals surface area contributed by atoms with Gasteiger partial charge >= 0.3 is 0 Å². The molecule has 1 rings (SSSR count). The van der Waals surface area contributed by atoms with Gasteiger partial charge in [0.25, 0.3) is 5.91 Å². The van der Waals surface area contributed by atoms with Gasteiger partial charge in [0.05, 0.1) is 6.61 Å². The molecule has 7 nitrogen and oxygen atoms in total. The molecular weight excluding hydrogens is 248 g/mol. The Kier molecular flexibility index (Phi) is 7.45. The zero-order chi connectivity index (χ0) is 13.9. The quantitative estimate of drug-likeness (QED) is 0.627. The van der Waals surface area contributed by atoms with E-state index in [9.17, 15) is 4.79 Å². The van der Waals surface area contributed by atoms with Crippen LogP contribution in [0.4, 0.5) is 5.82 Å². The van der Waals surface area contributed by atoms with Crippen LogP contribution >= 0.6 is 0 Å². The van der Waals surface area contributed by atoms with Gasteiger partial charge in [-0.1, -0.05) is 0 Å². The fourth-order valence-corrected chi connectivity index (χ4v) is 1.37. The maximum atomic E-state index is 11.8. The number of nitrogens with one attached hydrogen (secondary N) is 2. The van der Waals surface area contributed by atoms with Crippen LogP contribution in [0.1, 0.15) is 16.9 Å². The van der Waals surface area contributed by atoms with E-state index in [1.807, 2.05) is 0 Å². The van der Waals surface area contributed by atoms with E-state index >= 15 is 0 Å². The second kappa shape index (κ2) is 9.23. The van der Waals surface area contributed by atoms with Crippen LogP contribution in [0.15, 0.2) is 12.4 Å². The van der Waals surface area contributed by atoms with Crippen LogP contribution in [0.5, 0.6) is 0 Å². The summed E-state index contributed by atoms with van der Waals surface area (Å²) >= 11 is 0. The molecule has 0 unspecified atom stereocenters. The molecule has 0 saturated carbocycles. The van der Waals surface area contributed by atoms with Gasteiger partial charge in [-0.3, -0.25) is 4.79 Å². The second-order valence-electron chi connectivity index (χ2n) is 3.81. The summed E-state index contributed by atoms with van der Waals surface area (Å²) in [5.74, 6) is 0.391. The first-order chi connectivity index (χ1) is 9.27. The van der Waals surface area contributed by atoms with E-state index in [1.54, 1.807) is 20.3 Å². The predicted octanol–water partition coefficient (Wildman–Crippen LogP) is 0.301. The lowest BCUT2D eigenvalue weighted by Gasteiger charge is -2.07. The Morgan fingerprint density at radius 2 is 2.00 bits per heavy atom. The van der Waals surface area contributed by atoms with Crippen molar-refractivity contribution in [2.24, 2.45) is 0 Å². The molecule has 0 fully saturated rings. The van der Waals surface area contributed by atoms with Crippen LogP contribution in [-0.2, 0) is 9.47 Å². The molecule has 0 aliphatic rings. The normalized spacial score (nSPS) is 10.2. The van der Waals surface area contributed by atoms with E-state index in [4.69, 9.17) is 9.47 Å². The highest BCUT2D eigenvalue weighted by Gasteiger charge is 2.07. The number of methoxy groups -OCH3 is 2. The summed E-state index contributed by atoms with van der Waals surface area (Å²) in [7, 11) is 3.25. The van der Waals surface area contributed by atoms with Crippen molar-refractivity contribution in [1.29, 1.82) is 0 Å². The number of aromatic nitrogens is 2. The lowest BCUT2D eigenvalue weighted by atomic mass is 10.3. The van der Waals surface area contributed by atoms with Crippen LogP contribution in [0.3, 0.4) is 0 Å². The fourth-order valence-electron chi connectivity index (χ4n) is 1.37. The maximum absolute atomic E-state index is 11.8. The highest BCUT2D eigenvalue weighted by atomic mass is 16.5. The highest BCUT2D eigenvalue weighted by Crippen LogP contribution is 2.03. The van der Waals surface area contributed by atoms with E-state index in [0.717, 1.165) is 6.42 Å². The van der Waals surface area contributed by atoms with Crippen molar-refractivity contribution in [3.05, 3.63) is 18.1 Å². The SMILES string of the molecule is COCCCNC(=O)c1cc(NCCOC)ncn1. The van der Waals surface area contributed by atoms with Gasteiger partial charge in [-0.25, -0.2) is 9.97 Å². The lowest BCUT2D eigenvalue weighted by Crippen LogP contribution is -2.26. The van der Waals surface area contributed by atoms with E-state index in [-0.39, 0.29) is 5.91 Å². The molecule has 0 aliphatic heterocycles. The summed E-state index contributed by atoms with van der Waals surface area (Å²) in [5.41, 5.74) is 0.340. The highest BCUT2D eigenvalue weighted by molar-refractivity contribution is 5.92. The molecule has 0 aromatic carbocycles. The second-order valence-corrected chi connectivity index (χ2v) is 3.81.